The molecule has 3 rings (SSSR count). The maximum Gasteiger partial charge on any atom is 0.345 e. The van der Waals surface area contributed by atoms with E-state index in [2.05, 4.69) is 4.72 Å². The van der Waals surface area contributed by atoms with Gasteiger partial charge in [0.25, 0.3) is 0 Å². The van der Waals surface area contributed by atoms with Crippen molar-refractivity contribution in [2.45, 2.75) is 30.2 Å². The largest absolute Gasteiger partial charge is 0.477 e. The van der Waals surface area contributed by atoms with Gasteiger partial charge in [-0.1, -0.05) is 12.1 Å². The van der Waals surface area contributed by atoms with E-state index >= 15 is 0 Å². The van der Waals surface area contributed by atoms with Gasteiger partial charge in [-0.15, -0.1) is 11.3 Å². The summed E-state index contributed by atoms with van der Waals surface area (Å²) in [4.78, 5) is 11.3. The molecule has 1 aromatic heterocycles. The number of carboxylic acids is 1. The molecule has 1 fully saturated rings. The number of thiophene rings is 1. The maximum absolute atomic E-state index is 12.3. The number of aromatic carboxylic acids is 1. The SMILES string of the molecule is O=C(O)c1cc(CNS(=O)(=O)c2cccc(C3CC3)c2)cs1. The molecule has 1 saturated carbocycles. The van der Waals surface area contributed by atoms with Crippen LogP contribution < -0.4 is 4.72 Å². The smallest absolute Gasteiger partial charge is 0.345 e. The lowest BCUT2D eigenvalue weighted by atomic mass is 10.1. The summed E-state index contributed by atoms with van der Waals surface area (Å²) >= 11 is 1.08. The molecule has 2 aromatic rings. The molecule has 0 spiro atoms. The number of hydrogen-bond donors (Lipinski definition) is 2. The molecule has 0 radical (unpaired) electrons. The molecular formula is C15H15NO4S2. The van der Waals surface area contributed by atoms with Crippen LogP contribution in [-0.4, -0.2) is 19.5 Å². The molecule has 0 saturated heterocycles. The zero-order chi connectivity index (χ0) is 15.7. The molecule has 116 valence electrons. The van der Waals surface area contributed by atoms with Crippen LogP contribution in [0, 0.1) is 0 Å². The molecule has 22 heavy (non-hydrogen) atoms. The van der Waals surface area contributed by atoms with Gasteiger partial charge in [-0.05, 0) is 53.5 Å². The first-order chi connectivity index (χ1) is 10.5. The van der Waals surface area contributed by atoms with Crippen LogP contribution in [0.1, 0.15) is 39.6 Å². The van der Waals surface area contributed by atoms with E-state index in [1.54, 1.807) is 23.6 Å². The Hall–Kier alpha value is -1.70. The highest BCUT2D eigenvalue weighted by Crippen LogP contribution is 2.40. The lowest BCUT2D eigenvalue weighted by Gasteiger charge is -2.07. The first kappa shape index (κ1) is 15.2. The third-order valence-electron chi connectivity index (χ3n) is 3.55. The summed E-state index contributed by atoms with van der Waals surface area (Å²) in [6.07, 6.45) is 2.23. The topological polar surface area (TPSA) is 83.5 Å². The Bertz CT molecular complexity index is 806. The Morgan fingerprint density at radius 2 is 2.09 bits per heavy atom. The predicted molar refractivity (Wildman–Crippen MR) is 83.7 cm³/mol. The lowest BCUT2D eigenvalue weighted by Crippen LogP contribution is -2.23. The van der Waals surface area contributed by atoms with Crippen LogP contribution in [-0.2, 0) is 16.6 Å². The highest BCUT2D eigenvalue weighted by molar-refractivity contribution is 7.89. The molecule has 0 aliphatic heterocycles. The van der Waals surface area contributed by atoms with E-state index in [1.165, 1.54) is 6.07 Å². The normalized spacial score (nSPS) is 14.9. The van der Waals surface area contributed by atoms with E-state index in [-0.39, 0.29) is 16.3 Å². The Balaban J connectivity index is 1.72. The highest BCUT2D eigenvalue weighted by atomic mass is 32.2. The fourth-order valence-corrected chi connectivity index (χ4v) is 4.02. The van der Waals surface area contributed by atoms with E-state index in [0.717, 1.165) is 29.7 Å². The minimum absolute atomic E-state index is 0.0831. The fraction of sp³-hybridized carbons (Fsp3) is 0.267. The van der Waals surface area contributed by atoms with Gasteiger partial charge >= 0.3 is 5.97 Å². The van der Waals surface area contributed by atoms with E-state index in [4.69, 9.17) is 5.11 Å². The van der Waals surface area contributed by atoms with Crippen LogP contribution in [0.5, 0.6) is 0 Å². The van der Waals surface area contributed by atoms with Gasteiger partial charge in [0, 0.05) is 6.54 Å². The maximum atomic E-state index is 12.3. The van der Waals surface area contributed by atoms with Crippen LogP contribution in [0.15, 0.2) is 40.6 Å². The van der Waals surface area contributed by atoms with E-state index in [9.17, 15) is 13.2 Å². The van der Waals surface area contributed by atoms with Crippen molar-refractivity contribution >= 4 is 27.3 Å². The van der Waals surface area contributed by atoms with Crippen LogP contribution in [0.3, 0.4) is 0 Å². The molecule has 0 atom stereocenters. The van der Waals surface area contributed by atoms with Gasteiger partial charge in [-0.2, -0.15) is 0 Å². The third kappa shape index (κ3) is 3.37. The molecule has 7 heteroatoms. The fourth-order valence-electron chi connectivity index (χ4n) is 2.19. The summed E-state index contributed by atoms with van der Waals surface area (Å²) in [5.41, 5.74) is 1.70. The summed E-state index contributed by atoms with van der Waals surface area (Å²) in [7, 11) is -3.59. The number of benzene rings is 1. The van der Waals surface area contributed by atoms with Gasteiger partial charge in [-0.3, -0.25) is 0 Å². The number of hydrogen-bond acceptors (Lipinski definition) is 4. The van der Waals surface area contributed by atoms with Crippen LogP contribution >= 0.6 is 11.3 Å². The van der Waals surface area contributed by atoms with Crippen LogP contribution in [0.25, 0.3) is 0 Å². The second kappa shape index (κ2) is 5.83. The summed E-state index contributed by atoms with van der Waals surface area (Å²) in [6, 6.07) is 8.49. The van der Waals surface area contributed by atoms with Crippen molar-refractivity contribution in [3.8, 4) is 0 Å². The molecule has 1 aliphatic rings. The lowest BCUT2D eigenvalue weighted by molar-refractivity contribution is 0.0702. The third-order valence-corrected chi connectivity index (χ3v) is 5.91. The quantitative estimate of drug-likeness (QED) is 0.849. The van der Waals surface area contributed by atoms with Gasteiger partial charge in [-0.25, -0.2) is 17.9 Å². The second-order valence-corrected chi connectivity index (χ2v) is 7.97. The number of rotatable bonds is 6. The van der Waals surface area contributed by atoms with Gasteiger partial charge < -0.3 is 5.11 Å². The molecule has 1 aromatic carbocycles. The van der Waals surface area contributed by atoms with E-state index < -0.39 is 16.0 Å². The Kier molecular flexibility index (Phi) is 4.03. The first-order valence-corrected chi connectivity index (χ1v) is 9.22. The van der Waals surface area contributed by atoms with Crippen molar-refractivity contribution in [1.82, 2.24) is 4.72 Å². The molecule has 0 bridgehead atoms. The number of carboxylic acid groups (broad SMARTS) is 1. The number of carbonyl (C=O) groups is 1. The zero-order valence-corrected chi connectivity index (χ0v) is 13.3. The summed E-state index contributed by atoms with van der Waals surface area (Å²) < 4.78 is 27.2. The Labute approximate surface area is 132 Å². The molecule has 5 nitrogen and oxygen atoms in total. The van der Waals surface area contributed by atoms with Crippen molar-refractivity contribution < 1.29 is 18.3 Å². The average Bonchev–Trinajstić information content (AvgIpc) is 3.23. The molecule has 1 aliphatic carbocycles. The number of sulfonamides is 1. The monoisotopic (exact) mass is 337 g/mol. The van der Waals surface area contributed by atoms with E-state index in [1.807, 2.05) is 6.07 Å². The van der Waals surface area contributed by atoms with E-state index in [0.29, 0.717) is 11.5 Å². The predicted octanol–water partition coefficient (Wildman–Crippen LogP) is 2.80. The molecule has 1 heterocycles. The molecule has 2 N–H and O–H groups in total. The molecule has 0 unspecified atom stereocenters. The van der Waals surface area contributed by atoms with Gasteiger partial charge in [0.05, 0.1) is 4.90 Å². The number of nitrogens with one attached hydrogen (secondary N) is 1. The van der Waals surface area contributed by atoms with Crippen molar-refractivity contribution in [3.63, 3.8) is 0 Å². The van der Waals surface area contributed by atoms with Crippen LogP contribution in [0.2, 0.25) is 0 Å². The molecular weight excluding hydrogens is 322 g/mol. The molecule has 0 amide bonds. The zero-order valence-electron chi connectivity index (χ0n) is 11.7. The van der Waals surface area contributed by atoms with Crippen molar-refractivity contribution in [2.24, 2.45) is 0 Å². The first-order valence-electron chi connectivity index (χ1n) is 6.86. The Morgan fingerprint density at radius 3 is 2.73 bits per heavy atom. The Morgan fingerprint density at radius 1 is 1.32 bits per heavy atom. The highest BCUT2D eigenvalue weighted by Gasteiger charge is 2.25. The standard InChI is InChI=1S/C15H15NO4S2/c17-15(18)14-6-10(9-21-14)8-16-22(19,20)13-3-1-2-12(7-13)11-4-5-11/h1-3,6-7,9,11,16H,4-5,8H2,(H,17,18). The minimum atomic E-state index is -3.59. The summed E-state index contributed by atoms with van der Waals surface area (Å²) in [5, 5.41) is 10.5. The summed E-state index contributed by atoms with van der Waals surface area (Å²) in [6.45, 7) is 0.0831. The van der Waals surface area contributed by atoms with Crippen LogP contribution in [0.4, 0.5) is 0 Å². The van der Waals surface area contributed by atoms with Crippen molar-refractivity contribution in [1.29, 1.82) is 0 Å². The van der Waals surface area contributed by atoms with Gasteiger partial charge in [0.15, 0.2) is 0 Å². The minimum Gasteiger partial charge on any atom is -0.477 e. The summed E-state index contributed by atoms with van der Waals surface area (Å²) in [5.74, 6) is -0.513. The average molecular weight is 337 g/mol. The second-order valence-electron chi connectivity index (χ2n) is 5.30. The van der Waals surface area contributed by atoms with Crippen molar-refractivity contribution in [2.75, 3.05) is 0 Å². The van der Waals surface area contributed by atoms with Gasteiger partial charge in [0.1, 0.15) is 4.88 Å². The van der Waals surface area contributed by atoms with Crippen molar-refractivity contribution in [3.05, 3.63) is 51.7 Å². The van der Waals surface area contributed by atoms with Gasteiger partial charge in [0.2, 0.25) is 10.0 Å².